The molecule has 0 aliphatic carbocycles. The molecule has 1 amide bonds. The van der Waals surface area contributed by atoms with Gasteiger partial charge < -0.3 is 5.21 Å². The van der Waals surface area contributed by atoms with E-state index in [0.29, 0.717) is 15.4 Å². The molecule has 0 spiro atoms. The third-order valence-corrected chi connectivity index (χ3v) is 2.75. The fraction of sp³-hybridized carbons (Fsp3) is 0.100. The summed E-state index contributed by atoms with van der Waals surface area (Å²) in [6.07, 6.45) is 2.54. The minimum absolute atomic E-state index is 0.311. The number of thiazole rings is 1. The van der Waals surface area contributed by atoms with E-state index in [9.17, 15) is 10.0 Å². The predicted molar refractivity (Wildman–Crippen MR) is 60.2 cm³/mol. The van der Waals surface area contributed by atoms with E-state index in [-0.39, 0.29) is 5.91 Å². The Kier molecular flexibility index (Phi) is 2.82. The third kappa shape index (κ3) is 2.34. The summed E-state index contributed by atoms with van der Waals surface area (Å²) < 4.78 is 0.585. The van der Waals surface area contributed by atoms with Crippen LogP contribution >= 0.6 is 11.3 Å². The Morgan fingerprint density at radius 1 is 1.62 bits per heavy atom. The number of hydrogen-bond acceptors (Lipinski definition) is 4. The number of amides is 1. The number of anilines is 1. The molecule has 0 unspecified atom stereocenters. The first-order chi connectivity index (χ1) is 7.65. The Morgan fingerprint density at radius 3 is 3.06 bits per heavy atom. The van der Waals surface area contributed by atoms with E-state index in [1.165, 1.54) is 29.8 Å². The van der Waals surface area contributed by atoms with Crippen molar-refractivity contribution in [2.75, 3.05) is 5.32 Å². The molecule has 0 aliphatic heterocycles. The van der Waals surface area contributed by atoms with Crippen LogP contribution in [0.3, 0.4) is 0 Å². The average molecular weight is 235 g/mol. The Labute approximate surface area is 96.0 Å². The number of pyridine rings is 1. The van der Waals surface area contributed by atoms with Crippen LogP contribution < -0.4 is 10.0 Å². The topological polar surface area (TPSA) is 68.9 Å². The van der Waals surface area contributed by atoms with Crippen LogP contribution in [0.25, 0.3) is 0 Å². The highest BCUT2D eigenvalue weighted by Gasteiger charge is 2.10. The molecule has 2 aromatic rings. The van der Waals surface area contributed by atoms with Crippen molar-refractivity contribution in [3.05, 3.63) is 46.4 Å². The van der Waals surface area contributed by atoms with Crippen LogP contribution in [0.1, 0.15) is 16.1 Å². The lowest BCUT2D eigenvalue weighted by Gasteiger charge is -2.01. The fourth-order valence-electron chi connectivity index (χ4n) is 1.17. The number of nitrogens with zero attached hydrogens (tertiary/aromatic N) is 2. The van der Waals surface area contributed by atoms with Crippen molar-refractivity contribution in [3.63, 3.8) is 0 Å². The molecule has 0 radical (unpaired) electrons. The van der Waals surface area contributed by atoms with Crippen molar-refractivity contribution < 1.29 is 9.52 Å². The maximum Gasteiger partial charge on any atom is 0.263 e. The van der Waals surface area contributed by atoms with E-state index in [2.05, 4.69) is 10.3 Å². The van der Waals surface area contributed by atoms with Gasteiger partial charge in [0.15, 0.2) is 17.5 Å². The van der Waals surface area contributed by atoms with Gasteiger partial charge in [0.25, 0.3) is 5.91 Å². The monoisotopic (exact) mass is 235 g/mol. The quantitative estimate of drug-likeness (QED) is 0.630. The molecular weight excluding hydrogens is 226 g/mol. The lowest BCUT2D eigenvalue weighted by atomic mass is 10.3. The molecule has 0 atom stereocenters. The molecule has 5 nitrogen and oxygen atoms in total. The van der Waals surface area contributed by atoms with Crippen molar-refractivity contribution in [2.24, 2.45) is 0 Å². The van der Waals surface area contributed by atoms with Crippen molar-refractivity contribution in [2.45, 2.75) is 6.92 Å². The van der Waals surface area contributed by atoms with E-state index < -0.39 is 0 Å². The van der Waals surface area contributed by atoms with E-state index in [4.69, 9.17) is 0 Å². The number of carbonyl (C=O) groups is 1. The van der Waals surface area contributed by atoms with Gasteiger partial charge in [-0.1, -0.05) is 0 Å². The number of aryl methyl sites for hydroxylation is 1. The highest BCUT2D eigenvalue weighted by molar-refractivity contribution is 7.13. The second-order valence-electron chi connectivity index (χ2n) is 3.20. The van der Waals surface area contributed by atoms with Gasteiger partial charge >= 0.3 is 0 Å². The summed E-state index contributed by atoms with van der Waals surface area (Å²) >= 11 is 1.35. The highest BCUT2D eigenvalue weighted by Crippen LogP contribution is 2.15. The maximum atomic E-state index is 11.7. The van der Waals surface area contributed by atoms with Crippen LogP contribution in [0.2, 0.25) is 0 Å². The summed E-state index contributed by atoms with van der Waals surface area (Å²) in [5.41, 5.74) is 1.16. The second kappa shape index (κ2) is 4.28. The van der Waals surface area contributed by atoms with Gasteiger partial charge in [0.2, 0.25) is 0 Å². The summed E-state index contributed by atoms with van der Waals surface area (Å²) in [6.45, 7) is 1.85. The normalized spacial score (nSPS) is 10.1. The third-order valence-electron chi connectivity index (χ3n) is 1.88. The maximum absolute atomic E-state index is 11.7. The zero-order chi connectivity index (χ0) is 11.5. The molecule has 0 aromatic carbocycles. The molecule has 1 N–H and O–H groups in total. The number of aromatic nitrogens is 2. The number of carbonyl (C=O) groups excluding carboxylic acids is 1. The van der Waals surface area contributed by atoms with Gasteiger partial charge in [0.05, 0.1) is 5.69 Å². The van der Waals surface area contributed by atoms with E-state index in [1.54, 1.807) is 6.07 Å². The van der Waals surface area contributed by atoms with Gasteiger partial charge in [-0.25, -0.2) is 4.98 Å². The minimum Gasteiger partial charge on any atom is -0.619 e. The van der Waals surface area contributed by atoms with Gasteiger partial charge in [0.1, 0.15) is 5.56 Å². The molecule has 16 heavy (non-hydrogen) atoms. The van der Waals surface area contributed by atoms with Crippen molar-refractivity contribution in [3.8, 4) is 0 Å². The van der Waals surface area contributed by atoms with Crippen molar-refractivity contribution in [1.82, 2.24) is 4.98 Å². The van der Waals surface area contributed by atoms with Gasteiger partial charge in [-0.15, -0.1) is 11.3 Å². The standard InChI is InChI=1S/C10H9N3O2S/c1-7-6-16-10(11-7)12-9(14)8-3-2-4-13(15)5-8/h2-6H,1H3,(H,11,12,14). The summed E-state index contributed by atoms with van der Waals surface area (Å²) in [5, 5.41) is 16.0. The van der Waals surface area contributed by atoms with Crippen molar-refractivity contribution in [1.29, 1.82) is 0 Å². The number of nitrogens with one attached hydrogen (secondary N) is 1. The van der Waals surface area contributed by atoms with E-state index in [0.717, 1.165) is 5.69 Å². The van der Waals surface area contributed by atoms with Gasteiger partial charge in [-0.05, 0) is 13.0 Å². The Balaban J connectivity index is 2.14. The lowest BCUT2D eigenvalue weighted by Crippen LogP contribution is -2.27. The zero-order valence-electron chi connectivity index (χ0n) is 8.51. The molecule has 2 aromatic heterocycles. The first kappa shape index (κ1) is 10.6. The minimum atomic E-state index is -0.334. The zero-order valence-corrected chi connectivity index (χ0v) is 9.32. The van der Waals surface area contributed by atoms with E-state index in [1.807, 2.05) is 12.3 Å². The SMILES string of the molecule is Cc1csc(NC(=O)c2ccc[n+]([O-])c2)n1. The molecule has 82 valence electrons. The Bertz CT molecular complexity index is 524. The van der Waals surface area contributed by atoms with Crippen LogP contribution in [-0.4, -0.2) is 10.9 Å². The summed E-state index contributed by atoms with van der Waals surface area (Å²) in [7, 11) is 0. The molecule has 0 bridgehead atoms. The Hall–Kier alpha value is -1.95. The van der Waals surface area contributed by atoms with Crippen LogP contribution in [0.5, 0.6) is 0 Å². The molecular formula is C10H9N3O2S. The van der Waals surface area contributed by atoms with Crippen LogP contribution in [-0.2, 0) is 0 Å². The van der Waals surface area contributed by atoms with Crippen LogP contribution in [0, 0.1) is 12.1 Å². The van der Waals surface area contributed by atoms with Gasteiger partial charge in [0, 0.05) is 11.4 Å². The second-order valence-corrected chi connectivity index (χ2v) is 4.06. The Morgan fingerprint density at radius 2 is 2.44 bits per heavy atom. The smallest absolute Gasteiger partial charge is 0.263 e. The first-order valence-corrected chi connectivity index (χ1v) is 5.45. The largest absolute Gasteiger partial charge is 0.619 e. The molecule has 0 saturated heterocycles. The number of hydrogen-bond donors (Lipinski definition) is 1. The number of rotatable bonds is 2. The van der Waals surface area contributed by atoms with Crippen LogP contribution in [0.4, 0.5) is 5.13 Å². The van der Waals surface area contributed by atoms with E-state index >= 15 is 0 Å². The molecule has 0 fully saturated rings. The lowest BCUT2D eigenvalue weighted by molar-refractivity contribution is -0.605. The fourth-order valence-corrected chi connectivity index (χ4v) is 1.85. The highest BCUT2D eigenvalue weighted by atomic mass is 32.1. The molecule has 2 rings (SSSR count). The van der Waals surface area contributed by atoms with Crippen LogP contribution in [0.15, 0.2) is 29.9 Å². The van der Waals surface area contributed by atoms with Gasteiger partial charge in [-0.2, -0.15) is 4.73 Å². The summed E-state index contributed by atoms with van der Waals surface area (Å²) in [4.78, 5) is 15.8. The molecule has 6 heteroatoms. The average Bonchev–Trinajstić information content (AvgIpc) is 2.64. The molecule has 2 heterocycles. The summed E-state index contributed by atoms with van der Waals surface area (Å²) in [6, 6.07) is 3.10. The predicted octanol–water partition coefficient (Wildman–Crippen LogP) is 1.34. The van der Waals surface area contributed by atoms with Gasteiger partial charge in [-0.3, -0.25) is 10.1 Å². The first-order valence-electron chi connectivity index (χ1n) is 4.57. The summed E-state index contributed by atoms with van der Waals surface area (Å²) in [5.74, 6) is -0.334. The molecule has 0 aliphatic rings. The van der Waals surface area contributed by atoms with Crippen molar-refractivity contribution >= 4 is 22.4 Å². The molecule has 0 saturated carbocycles.